The summed E-state index contributed by atoms with van der Waals surface area (Å²) in [5.74, 6) is 1.49. The highest BCUT2D eigenvalue weighted by Gasteiger charge is 2.24. The fourth-order valence-electron chi connectivity index (χ4n) is 4.22. The van der Waals surface area contributed by atoms with Crippen LogP contribution in [0, 0.1) is 0 Å². The molecule has 160 valence electrons. The number of carbonyl (C=O) groups excluding carboxylic acids is 1. The van der Waals surface area contributed by atoms with Crippen molar-refractivity contribution < 1.29 is 19.4 Å². The topological polar surface area (TPSA) is 62.2 Å². The molecular weight excluding hydrogens is 380 g/mol. The van der Waals surface area contributed by atoms with Gasteiger partial charge in [0.2, 0.25) is 0 Å². The number of para-hydroxylation sites is 1. The standard InChI is InChI=1S/C24H30N2O4/c27-17-21-6-4-5-11-25(21)15-19-9-10-23-20(14-19)16-26(12-13-29-23)24(28)18-30-22-7-2-1-3-8-22/h1-3,7-10,14,21,27H,4-6,11-13,15-18H2. The maximum absolute atomic E-state index is 12.7. The monoisotopic (exact) mass is 410 g/mol. The van der Waals surface area contributed by atoms with Crippen LogP contribution in [-0.4, -0.2) is 59.8 Å². The number of hydrogen-bond donors (Lipinski definition) is 1. The number of nitrogens with zero attached hydrogens (tertiary/aromatic N) is 2. The second kappa shape index (κ2) is 9.96. The van der Waals surface area contributed by atoms with Gasteiger partial charge < -0.3 is 19.5 Å². The summed E-state index contributed by atoms with van der Waals surface area (Å²) in [6, 6.07) is 15.9. The van der Waals surface area contributed by atoms with Gasteiger partial charge >= 0.3 is 0 Å². The van der Waals surface area contributed by atoms with Crippen molar-refractivity contribution in [1.82, 2.24) is 9.80 Å². The van der Waals surface area contributed by atoms with Crippen LogP contribution < -0.4 is 9.47 Å². The Morgan fingerprint density at radius 3 is 2.83 bits per heavy atom. The number of piperidine rings is 1. The minimum absolute atomic E-state index is 0.0188. The molecule has 0 bridgehead atoms. The van der Waals surface area contributed by atoms with E-state index in [1.54, 1.807) is 4.90 Å². The lowest BCUT2D eigenvalue weighted by molar-refractivity contribution is -0.134. The molecule has 2 heterocycles. The summed E-state index contributed by atoms with van der Waals surface area (Å²) in [6.45, 7) is 3.58. The van der Waals surface area contributed by atoms with Crippen LogP contribution in [0.15, 0.2) is 48.5 Å². The van der Waals surface area contributed by atoms with E-state index in [4.69, 9.17) is 9.47 Å². The first-order chi connectivity index (χ1) is 14.7. The lowest BCUT2D eigenvalue weighted by Gasteiger charge is -2.34. The van der Waals surface area contributed by atoms with Gasteiger partial charge in [0.15, 0.2) is 6.61 Å². The molecule has 30 heavy (non-hydrogen) atoms. The highest BCUT2D eigenvalue weighted by atomic mass is 16.5. The number of benzene rings is 2. The third-order valence-corrected chi connectivity index (χ3v) is 5.91. The van der Waals surface area contributed by atoms with E-state index < -0.39 is 0 Å². The zero-order valence-corrected chi connectivity index (χ0v) is 17.3. The molecule has 0 spiro atoms. The van der Waals surface area contributed by atoms with Crippen LogP contribution in [0.25, 0.3) is 0 Å². The smallest absolute Gasteiger partial charge is 0.260 e. The number of likely N-dealkylation sites (tertiary alicyclic amines) is 1. The Morgan fingerprint density at radius 1 is 1.13 bits per heavy atom. The first-order valence-electron chi connectivity index (χ1n) is 10.8. The molecule has 2 aliphatic heterocycles. The lowest BCUT2D eigenvalue weighted by atomic mass is 10.0. The molecule has 2 aliphatic rings. The van der Waals surface area contributed by atoms with Crippen LogP contribution in [0.2, 0.25) is 0 Å². The second-order valence-electron chi connectivity index (χ2n) is 8.01. The van der Waals surface area contributed by atoms with Crippen LogP contribution in [0.4, 0.5) is 0 Å². The van der Waals surface area contributed by atoms with Crippen LogP contribution in [0.3, 0.4) is 0 Å². The Labute approximate surface area is 178 Å². The molecule has 1 atom stereocenters. The third kappa shape index (κ3) is 5.12. The first kappa shape index (κ1) is 20.7. The van der Waals surface area contributed by atoms with E-state index in [-0.39, 0.29) is 25.2 Å². The first-order valence-corrected chi connectivity index (χ1v) is 10.8. The number of hydrogen-bond acceptors (Lipinski definition) is 5. The van der Waals surface area contributed by atoms with Crippen molar-refractivity contribution in [1.29, 1.82) is 0 Å². The number of amides is 1. The van der Waals surface area contributed by atoms with E-state index in [0.29, 0.717) is 25.4 Å². The van der Waals surface area contributed by atoms with E-state index in [1.165, 1.54) is 18.4 Å². The summed E-state index contributed by atoms with van der Waals surface area (Å²) in [6.07, 6.45) is 3.41. The van der Waals surface area contributed by atoms with Gasteiger partial charge in [-0.3, -0.25) is 9.69 Å². The Balaban J connectivity index is 1.41. The van der Waals surface area contributed by atoms with Crippen molar-refractivity contribution in [3.63, 3.8) is 0 Å². The van der Waals surface area contributed by atoms with Gasteiger partial charge in [0.25, 0.3) is 5.91 Å². The summed E-state index contributed by atoms with van der Waals surface area (Å²) in [4.78, 5) is 16.9. The molecule has 6 heteroatoms. The van der Waals surface area contributed by atoms with E-state index in [0.717, 1.165) is 30.8 Å². The van der Waals surface area contributed by atoms with Crippen LogP contribution in [0.5, 0.6) is 11.5 Å². The van der Waals surface area contributed by atoms with Crippen molar-refractivity contribution >= 4 is 5.91 Å². The zero-order valence-electron chi connectivity index (χ0n) is 17.3. The van der Waals surface area contributed by atoms with Crippen LogP contribution >= 0.6 is 0 Å². The van der Waals surface area contributed by atoms with Gasteiger partial charge in [-0.05, 0) is 49.2 Å². The third-order valence-electron chi connectivity index (χ3n) is 5.91. The molecule has 4 rings (SSSR count). The minimum Gasteiger partial charge on any atom is -0.491 e. The number of fused-ring (bicyclic) bond motifs is 1. The van der Waals surface area contributed by atoms with Gasteiger partial charge in [0, 0.05) is 24.7 Å². The van der Waals surface area contributed by atoms with Gasteiger partial charge in [-0.1, -0.05) is 30.7 Å². The van der Waals surface area contributed by atoms with Crippen molar-refractivity contribution in [3.05, 3.63) is 59.7 Å². The molecule has 2 aromatic rings. The predicted molar refractivity (Wildman–Crippen MR) is 114 cm³/mol. The molecule has 1 unspecified atom stereocenters. The molecule has 1 saturated heterocycles. The Hall–Kier alpha value is -2.57. The summed E-state index contributed by atoms with van der Waals surface area (Å²) < 4.78 is 11.5. The lowest BCUT2D eigenvalue weighted by Crippen LogP contribution is -2.41. The molecule has 1 amide bonds. The fraction of sp³-hybridized carbons (Fsp3) is 0.458. The van der Waals surface area contributed by atoms with Crippen molar-refractivity contribution in [3.8, 4) is 11.5 Å². The highest BCUT2D eigenvalue weighted by Crippen LogP contribution is 2.27. The average Bonchev–Trinajstić information content (AvgIpc) is 3.01. The van der Waals surface area contributed by atoms with Gasteiger partial charge in [0.05, 0.1) is 13.2 Å². The largest absolute Gasteiger partial charge is 0.491 e. The fourth-order valence-corrected chi connectivity index (χ4v) is 4.22. The summed E-state index contributed by atoms with van der Waals surface area (Å²) >= 11 is 0. The molecular formula is C24H30N2O4. The van der Waals surface area contributed by atoms with Crippen LogP contribution in [-0.2, 0) is 17.9 Å². The number of aliphatic hydroxyl groups excluding tert-OH is 1. The maximum Gasteiger partial charge on any atom is 0.260 e. The van der Waals surface area contributed by atoms with Crippen molar-refractivity contribution in [2.24, 2.45) is 0 Å². The number of aliphatic hydroxyl groups is 1. The highest BCUT2D eigenvalue weighted by molar-refractivity contribution is 5.78. The van der Waals surface area contributed by atoms with Gasteiger partial charge in [0.1, 0.15) is 18.1 Å². The van der Waals surface area contributed by atoms with E-state index in [9.17, 15) is 9.90 Å². The van der Waals surface area contributed by atoms with E-state index in [1.807, 2.05) is 36.4 Å². The average molecular weight is 411 g/mol. The molecule has 0 saturated carbocycles. The molecule has 2 aromatic carbocycles. The van der Waals surface area contributed by atoms with Gasteiger partial charge in [-0.15, -0.1) is 0 Å². The van der Waals surface area contributed by atoms with Crippen molar-refractivity contribution in [2.75, 3.05) is 32.9 Å². The normalized spacial score (nSPS) is 19.5. The predicted octanol–water partition coefficient (Wildman–Crippen LogP) is 2.83. The zero-order chi connectivity index (χ0) is 20.8. The minimum atomic E-state index is -0.0444. The Bertz CT molecular complexity index is 842. The van der Waals surface area contributed by atoms with E-state index in [2.05, 4.69) is 17.0 Å². The van der Waals surface area contributed by atoms with Gasteiger partial charge in [-0.2, -0.15) is 0 Å². The number of ether oxygens (including phenoxy) is 2. The maximum atomic E-state index is 12.7. The summed E-state index contributed by atoms with van der Waals surface area (Å²) in [5, 5.41) is 9.68. The molecule has 1 fully saturated rings. The molecule has 0 aromatic heterocycles. The number of rotatable bonds is 6. The number of carbonyl (C=O) groups is 1. The molecule has 6 nitrogen and oxygen atoms in total. The summed E-state index contributed by atoms with van der Waals surface area (Å²) in [5.41, 5.74) is 2.21. The Kier molecular flexibility index (Phi) is 6.87. The quantitative estimate of drug-likeness (QED) is 0.794. The second-order valence-corrected chi connectivity index (χ2v) is 8.01. The SMILES string of the molecule is O=C(COc1ccccc1)N1CCOc2ccc(CN3CCCCC3CO)cc2C1. The van der Waals surface area contributed by atoms with E-state index >= 15 is 0 Å². The van der Waals surface area contributed by atoms with Gasteiger partial charge in [-0.25, -0.2) is 0 Å². The van der Waals surface area contributed by atoms with Crippen LogP contribution in [0.1, 0.15) is 30.4 Å². The molecule has 0 radical (unpaired) electrons. The summed E-state index contributed by atoms with van der Waals surface area (Å²) in [7, 11) is 0. The molecule has 0 aliphatic carbocycles. The Morgan fingerprint density at radius 2 is 2.00 bits per heavy atom. The van der Waals surface area contributed by atoms with Crippen molar-refractivity contribution in [2.45, 2.75) is 38.4 Å². The molecule has 1 N–H and O–H groups in total.